The molecule has 114 valence electrons. The molecular weight excluding hydrogens is 278 g/mol. The molecule has 4 nitrogen and oxygen atoms in total. The number of rotatable bonds is 5. The number of hydrogen-bond donors (Lipinski definition) is 1. The molecule has 0 spiro atoms. The molecule has 0 saturated carbocycles. The van der Waals surface area contributed by atoms with Crippen LogP contribution in [0.1, 0.15) is 25.4 Å². The molecule has 0 aliphatic rings. The van der Waals surface area contributed by atoms with E-state index < -0.39 is 5.91 Å². The van der Waals surface area contributed by atoms with Crippen molar-refractivity contribution in [2.45, 2.75) is 20.8 Å². The SMILES string of the molecule is Cc1ccc(C=C(C(=O)Nc2ccccc2)C(=O)C(C)C)o1. The summed E-state index contributed by atoms with van der Waals surface area (Å²) in [5.74, 6) is 0.293. The first kappa shape index (κ1) is 15.8. The maximum absolute atomic E-state index is 12.4. The number of hydrogen-bond acceptors (Lipinski definition) is 3. The van der Waals surface area contributed by atoms with Gasteiger partial charge in [-0.15, -0.1) is 0 Å². The van der Waals surface area contributed by atoms with E-state index in [0.717, 1.165) is 5.76 Å². The highest BCUT2D eigenvalue weighted by molar-refractivity contribution is 6.26. The molecular formula is C18H19NO3. The fourth-order valence-corrected chi connectivity index (χ4v) is 1.95. The van der Waals surface area contributed by atoms with Crippen molar-refractivity contribution in [2.75, 3.05) is 5.32 Å². The summed E-state index contributed by atoms with van der Waals surface area (Å²) in [4.78, 5) is 24.7. The van der Waals surface area contributed by atoms with Gasteiger partial charge < -0.3 is 9.73 Å². The summed E-state index contributed by atoms with van der Waals surface area (Å²) in [5, 5.41) is 2.74. The van der Waals surface area contributed by atoms with Gasteiger partial charge >= 0.3 is 0 Å². The first-order valence-corrected chi connectivity index (χ1v) is 7.16. The molecule has 0 radical (unpaired) electrons. The lowest BCUT2D eigenvalue weighted by Gasteiger charge is -2.10. The van der Waals surface area contributed by atoms with Crippen LogP contribution in [0.2, 0.25) is 0 Å². The van der Waals surface area contributed by atoms with E-state index in [1.54, 1.807) is 38.1 Å². The van der Waals surface area contributed by atoms with Gasteiger partial charge in [-0.25, -0.2) is 0 Å². The van der Waals surface area contributed by atoms with Crippen molar-refractivity contribution in [1.29, 1.82) is 0 Å². The second-order valence-electron chi connectivity index (χ2n) is 5.35. The summed E-state index contributed by atoms with van der Waals surface area (Å²) in [7, 11) is 0. The molecule has 0 atom stereocenters. The van der Waals surface area contributed by atoms with Gasteiger partial charge in [-0.1, -0.05) is 32.0 Å². The van der Waals surface area contributed by atoms with Gasteiger partial charge in [0.1, 0.15) is 11.5 Å². The summed E-state index contributed by atoms with van der Waals surface area (Å²) < 4.78 is 5.44. The molecule has 1 N–H and O–H groups in total. The number of nitrogens with one attached hydrogen (secondary N) is 1. The summed E-state index contributed by atoms with van der Waals surface area (Å²) in [5.41, 5.74) is 0.735. The van der Waals surface area contributed by atoms with Crippen molar-refractivity contribution < 1.29 is 14.0 Å². The summed E-state index contributed by atoms with van der Waals surface area (Å²) >= 11 is 0. The van der Waals surface area contributed by atoms with E-state index in [0.29, 0.717) is 11.4 Å². The highest BCUT2D eigenvalue weighted by Crippen LogP contribution is 2.17. The van der Waals surface area contributed by atoms with Crippen LogP contribution in [0.3, 0.4) is 0 Å². The zero-order valence-corrected chi connectivity index (χ0v) is 12.9. The molecule has 0 saturated heterocycles. The van der Waals surface area contributed by atoms with Crippen molar-refractivity contribution in [1.82, 2.24) is 0 Å². The average molecular weight is 297 g/mol. The van der Waals surface area contributed by atoms with Crippen LogP contribution in [-0.4, -0.2) is 11.7 Å². The van der Waals surface area contributed by atoms with Gasteiger partial charge in [0.05, 0.1) is 5.57 Å². The second kappa shape index (κ2) is 6.89. The zero-order valence-electron chi connectivity index (χ0n) is 12.9. The number of furan rings is 1. The minimum Gasteiger partial charge on any atom is -0.462 e. The highest BCUT2D eigenvalue weighted by atomic mass is 16.3. The molecule has 1 heterocycles. The fourth-order valence-electron chi connectivity index (χ4n) is 1.95. The third-order valence-electron chi connectivity index (χ3n) is 3.11. The van der Waals surface area contributed by atoms with E-state index in [4.69, 9.17) is 4.42 Å². The largest absolute Gasteiger partial charge is 0.462 e. The molecule has 2 aromatic rings. The van der Waals surface area contributed by atoms with Gasteiger partial charge in [0, 0.05) is 11.6 Å². The van der Waals surface area contributed by atoms with Gasteiger partial charge in [-0.3, -0.25) is 9.59 Å². The van der Waals surface area contributed by atoms with Crippen molar-refractivity contribution in [2.24, 2.45) is 5.92 Å². The number of amides is 1. The second-order valence-corrected chi connectivity index (χ2v) is 5.35. The maximum Gasteiger partial charge on any atom is 0.259 e. The number of carbonyl (C=O) groups excluding carboxylic acids is 2. The third-order valence-corrected chi connectivity index (χ3v) is 3.11. The van der Waals surface area contributed by atoms with Crippen molar-refractivity contribution >= 4 is 23.5 Å². The zero-order chi connectivity index (χ0) is 16.1. The van der Waals surface area contributed by atoms with Crippen LogP contribution >= 0.6 is 0 Å². The van der Waals surface area contributed by atoms with Gasteiger partial charge in [0.25, 0.3) is 5.91 Å². The monoisotopic (exact) mass is 297 g/mol. The molecule has 1 aromatic carbocycles. The Morgan fingerprint density at radius 1 is 1.09 bits per heavy atom. The molecule has 0 aliphatic heterocycles. The molecule has 0 bridgehead atoms. The summed E-state index contributed by atoms with van der Waals surface area (Å²) in [6, 6.07) is 12.6. The fraction of sp³-hybridized carbons (Fsp3) is 0.222. The molecule has 0 aliphatic carbocycles. The molecule has 0 unspecified atom stereocenters. The highest BCUT2D eigenvalue weighted by Gasteiger charge is 2.21. The van der Waals surface area contributed by atoms with E-state index in [1.807, 2.05) is 25.1 Å². The first-order chi connectivity index (χ1) is 10.5. The predicted octanol–water partition coefficient (Wildman–Crippen LogP) is 3.84. The van der Waals surface area contributed by atoms with Crippen LogP contribution in [0.4, 0.5) is 5.69 Å². The molecule has 2 rings (SSSR count). The Morgan fingerprint density at radius 2 is 1.77 bits per heavy atom. The number of ketones is 1. The Labute approximate surface area is 129 Å². The number of Topliss-reactive ketones (excluding diaryl/α,β-unsaturated/α-hetero) is 1. The van der Waals surface area contributed by atoms with Crippen LogP contribution in [-0.2, 0) is 9.59 Å². The Bertz CT molecular complexity index is 696. The van der Waals surface area contributed by atoms with Crippen LogP contribution < -0.4 is 5.32 Å². The van der Waals surface area contributed by atoms with Crippen LogP contribution in [0.15, 0.2) is 52.5 Å². The molecule has 1 amide bonds. The number of benzene rings is 1. The van der Waals surface area contributed by atoms with Gasteiger partial charge in [-0.05, 0) is 37.3 Å². The van der Waals surface area contributed by atoms with Crippen LogP contribution in [0.25, 0.3) is 6.08 Å². The Balaban J connectivity index is 2.30. The maximum atomic E-state index is 12.4. The molecule has 0 fully saturated rings. The Hall–Kier alpha value is -2.62. The Kier molecular flexibility index (Phi) is 4.94. The standard InChI is InChI=1S/C18H19NO3/c1-12(2)17(20)16(11-15-10-9-13(3)22-15)18(21)19-14-7-5-4-6-8-14/h4-12H,1-3H3,(H,19,21). The Morgan fingerprint density at radius 3 is 2.32 bits per heavy atom. The van der Waals surface area contributed by atoms with E-state index >= 15 is 0 Å². The van der Waals surface area contributed by atoms with Gasteiger partial charge in [0.2, 0.25) is 0 Å². The van der Waals surface area contributed by atoms with E-state index in [-0.39, 0.29) is 17.3 Å². The topological polar surface area (TPSA) is 59.3 Å². The van der Waals surface area contributed by atoms with Gasteiger partial charge in [0.15, 0.2) is 5.78 Å². The average Bonchev–Trinajstić information content (AvgIpc) is 2.90. The number of carbonyl (C=O) groups is 2. The third kappa shape index (κ3) is 3.95. The van der Waals surface area contributed by atoms with Gasteiger partial charge in [-0.2, -0.15) is 0 Å². The van der Waals surface area contributed by atoms with E-state index in [1.165, 1.54) is 6.08 Å². The smallest absolute Gasteiger partial charge is 0.259 e. The van der Waals surface area contributed by atoms with Crippen molar-refractivity contribution in [3.8, 4) is 0 Å². The van der Waals surface area contributed by atoms with E-state index in [2.05, 4.69) is 5.32 Å². The number of anilines is 1. The minimum absolute atomic E-state index is 0.0909. The normalized spacial score (nSPS) is 11.5. The van der Waals surface area contributed by atoms with Crippen LogP contribution in [0.5, 0.6) is 0 Å². The van der Waals surface area contributed by atoms with Crippen molar-refractivity contribution in [3.05, 3.63) is 59.6 Å². The summed E-state index contributed by atoms with van der Waals surface area (Å²) in [6.45, 7) is 5.34. The van der Waals surface area contributed by atoms with E-state index in [9.17, 15) is 9.59 Å². The lowest BCUT2D eigenvalue weighted by molar-refractivity contribution is -0.121. The van der Waals surface area contributed by atoms with Crippen molar-refractivity contribution in [3.63, 3.8) is 0 Å². The lowest BCUT2D eigenvalue weighted by Crippen LogP contribution is -2.23. The first-order valence-electron chi connectivity index (χ1n) is 7.16. The predicted molar refractivity (Wildman–Crippen MR) is 86.3 cm³/mol. The number of aryl methyl sites for hydroxylation is 1. The summed E-state index contributed by atoms with van der Waals surface area (Å²) in [6.07, 6.45) is 1.49. The number of para-hydroxylation sites is 1. The molecule has 1 aromatic heterocycles. The molecule has 22 heavy (non-hydrogen) atoms. The lowest BCUT2D eigenvalue weighted by atomic mass is 9.99. The van der Waals surface area contributed by atoms with Crippen LogP contribution in [0, 0.1) is 12.8 Å². The molecule has 4 heteroatoms. The minimum atomic E-state index is -0.432. The quantitative estimate of drug-likeness (QED) is 0.518.